The molecule has 2 N–H and O–H groups in total. The molecule has 9 nitrogen and oxygen atoms in total. The van der Waals surface area contributed by atoms with Gasteiger partial charge in [0.2, 0.25) is 0 Å². The Kier molecular flexibility index (Phi) is 5.76. The molecule has 0 heterocycles. The van der Waals surface area contributed by atoms with Crippen LogP contribution in [-0.2, 0) is 0 Å². The summed E-state index contributed by atoms with van der Waals surface area (Å²) in [4.78, 5) is 19.3. The van der Waals surface area contributed by atoms with E-state index in [4.69, 9.17) is 5.11 Å². The SMILES string of the molecule is O=[N+]([O-])c1ccc(N/N=C\CC(O)(C(F)(F)F)C(F)(F)F)c([N+](=O)[O-])c1. The van der Waals surface area contributed by atoms with Crippen molar-refractivity contribution in [1.29, 1.82) is 0 Å². The van der Waals surface area contributed by atoms with Gasteiger partial charge in [0, 0.05) is 18.7 Å². The first-order valence-corrected chi connectivity index (χ1v) is 6.27. The zero-order valence-electron chi connectivity index (χ0n) is 12.2. The Morgan fingerprint density at radius 2 is 1.62 bits per heavy atom. The summed E-state index contributed by atoms with van der Waals surface area (Å²) < 4.78 is 74.6. The van der Waals surface area contributed by atoms with Crippen LogP contribution in [0.15, 0.2) is 23.3 Å². The van der Waals surface area contributed by atoms with Gasteiger partial charge in [0.15, 0.2) is 0 Å². The molecule has 15 heteroatoms. The molecule has 0 saturated carbocycles. The highest BCUT2D eigenvalue weighted by atomic mass is 19.4. The van der Waals surface area contributed by atoms with Crippen molar-refractivity contribution in [3.63, 3.8) is 0 Å². The second-order valence-electron chi connectivity index (χ2n) is 4.70. The number of hydrogen-bond acceptors (Lipinski definition) is 7. The number of rotatable bonds is 6. The highest BCUT2D eigenvalue weighted by molar-refractivity contribution is 5.67. The number of alkyl halides is 6. The number of hydrogen-bond donors (Lipinski definition) is 2. The van der Waals surface area contributed by atoms with Gasteiger partial charge in [-0.25, -0.2) is 0 Å². The minimum atomic E-state index is -6.05. The third-order valence-corrected chi connectivity index (χ3v) is 2.99. The number of hydrazone groups is 1. The average Bonchev–Trinajstić information content (AvgIpc) is 2.48. The highest BCUT2D eigenvalue weighted by Gasteiger charge is 2.69. The predicted molar refractivity (Wildman–Crippen MR) is 73.5 cm³/mol. The molecule has 26 heavy (non-hydrogen) atoms. The van der Waals surface area contributed by atoms with Crippen molar-refractivity contribution < 1.29 is 41.3 Å². The van der Waals surface area contributed by atoms with Gasteiger partial charge < -0.3 is 5.11 Å². The zero-order valence-corrected chi connectivity index (χ0v) is 12.2. The maximum atomic E-state index is 12.4. The fourth-order valence-corrected chi connectivity index (χ4v) is 1.56. The maximum absolute atomic E-state index is 12.4. The molecule has 144 valence electrons. The maximum Gasteiger partial charge on any atom is 0.426 e. The summed E-state index contributed by atoms with van der Waals surface area (Å²) in [6, 6.07) is 2.10. The molecule has 0 saturated heterocycles. The Hall–Kier alpha value is -2.97. The first-order valence-electron chi connectivity index (χ1n) is 6.27. The summed E-state index contributed by atoms with van der Waals surface area (Å²) in [5.74, 6) is 0. The van der Waals surface area contributed by atoms with E-state index < -0.39 is 51.3 Å². The average molecular weight is 390 g/mol. The van der Waals surface area contributed by atoms with Crippen LogP contribution >= 0.6 is 0 Å². The topological polar surface area (TPSA) is 131 Å². The van der Waals surface area contributed by atoms with E-state index in [1.165, 1.54) is 0 Å². The molecule has 1 rings (SSSR count). The number of nitrogens with zero attached hydrogens (tertiary/aromatic N) is 3. The van der Waals surface area contributed by atoms with E-state index >= 15 is 0 Å². The fourth-order valence-electron chi connectivity index (χ4n) is 1.56. The minimum Gasteiger partial charge on any atom is -0.373 e. The van der Waals surface area contributed by atoms with Crippen LogP contribution in [0.1, 0.15) is 6.42 Å². The van der Waals surface area contributed by atoms with Crippen molar-refractivity contribution >= 4 is 23.3 Å². The minimum absolute atomic E-state index is 0.0200. The van der Waals surface area contributed by atoms with Gasteiger partial charge in [0.1, 0.15) is 5.69 Å². The molecule has 1 aromatic rings. The Morgan fingerprint density at radius 1 is 1.08 bits per heavy atom. The van der Waals surface area contributed by atoms with Crippen LogP contribution in [0, 0.1) is 20.2 Å². The largest absolute Gasteiger partial charge is 0.426 e. The highest BCUT2D eigenvalue weighted by Crippen LogP contribution is 2.44. The van der Waals surface area contributed by atoms with E-state index in [0.29, 0.717) is 6.07 Å². The second kappa shape index (κ2) is 7.11. The van der Waals surface area contributed by atoms with Gasteiger partial charge in [-0.3, -0.25) is 25.7 Å². The first-order chi connectivity index (χ1) is 11.7. The van der Waals surface area contributed by atoms with E-state index in [9.17, 15) is 46.6 Å². The molecule has 0 aliphatic carbocycles. The lowest BCUT2D eigenvalue weighted by molar-refractivity contribution is -0.393. The second-order valence-corrected chi connectivity index (χ2v) is 4.70. The summed E-state index contributed by atoms with van der Waals surface area (Å²) in [5.41, 5.74) is -5.36. The fraction of sp³-hybridized carbons (Fsp3) is 0.364. The number of anilines is 1. The molecule has 0 atom stereocenters. The van der Waals surface area contributed by atoms with E-state index in [1.54, 1.807) is 5.43 Å². The summed E-state index contributed by atoms with van der Waals surface area (Å²) >= 11 is 0. The van der Waals surface area contributed by atoms with E-state index in [2.05, 4.69) is 5.10 Å². The molecule has 0 fully saturated rings. The molecular weight excluding hydrogens is 382 g/mol. The van der Waals surface area contributed by atoms with Gasteiger partial charge in [0.25, 0.3) is 11.3 Å². The van der Waals surface area contributed by atoms with Crippen LogP contribution in [0.5, 0.6) is 0 Å². The monoisotopic (exact) mass is 390 g/mol. The van der Waals surface area contributed by atoms with Crippen molar-refractivity contribution in [2.45, 2.75) is 24.4 Å². The number of nitro groups is 2. The lowest BCUT2D eigenvalue weighted by Crippen LogP contribution is -2.57. The van der Waals surface area contributed by atoms with Gasteiger partial charge in [-0.05, 0) is 6.07 Å². The Balaban J connectivity index is 3.02. The molecule has 0 unspecified atom stereocenters. The molecular formula is C11H8F6N4O5. The standard InChI is InChI=1S/C11H8F6N4O5/c12-10(13,14)9(22,11(15,16)17)3-4-18-19-7-2-1-6(20(23)24)5-8(7)21(25)26/h1-2,4-5,19,22H,3H2/b18-4-. The molecule has 0 radical (unpaired) electrons. The van der Waals surface area contributed by atoms with Crippen molar-refractivity contribution in [3.05, 3.63) is 38.4 Å². The van der Waals surface area contributed by atoms with Crippen LogP contribution in [0.2, 0.25) is 0 Å². The Labute approximate surface area is 139 Å². The van der Waals surface area contributed by atoms with Crippen molar-refractivity contribution in [3.8, 4) is 0 Å². The Bertz CT molecular complexity index is 719. The molecule has 0 amide bonds. The van der Waals surface area contributed by atoms with Gasteiger partial charge in [-0.1, -0.05) is 0 Å². The molecule has 0 bridgehead atoms. The van der Waals surface area contributed by atoms with Crippen LogP contribution < -0.4 is 5.43 Å². The van der Waals surface area contributed by atoms with Gasteiger partial charge in [-0.15, -0.1) is 0 Å². The summed E-state index contributed by atoms with van der Waals surface area (Å²) in [7, 11) is 0. The number of nitrogens with one attached hydrogen (secondary N) is 1. The molecule has 0 aliphatic rings. The normalized spacial score (nSPS) is 13.0. The summed E-state index contributed by atoms with van der Waals surface area (Å²) in [5, 5.41) is 33.2. The summed E-state index contributed by atoms with van der Waals surface area (Å²) in [6.45, 7) is 0. The number of benzene rings is 1. The van der Waals surface area contributed by atoms with E-state index in [1.807, 2.05) is 0 Å². The molecule has 0 aliphatic heterocycles. The summed E-state index contributed by atoms with van der Waals surface area (Å²) in [6.07, 6.45) is -14.1. The Morgan fingerprint density at radius 3 is 2.04 bits per heavy atom. The predicted octanol–water partition coefficient (Wildman–Crippen LogP) is 3.15. The number of halogens is 6. The van der Waals surface area contributed by atoms with Crippen LogP contribution in [0.4, 0.5) is 43.4 Å². The number of nitro benzene ring substituents is 2. The van der Waals surface area contributed by atoms with Crippen LogP contribution in [-0.4, -0.2) is 39.1 Å². The molecule has 1 aromatic carbocycles. The van der Waals surface area contributed by atoms with Gasteiger partial charge in [-0.2, -0.15) is 31.4 Å². The number of non-ortho nitro benzene ring substituents is 1. The van der Waals surface area contributed by atoms with Gasteiger partial charge >= 0.3 is 18.0 Å². The molecule has 0 spiro atoms. The third-order valence-electron chi connectivity index (χ3n) is 2.99. The number of aliphatic hydroxyl groups is 1. The smallest absolute Gasteiger partial charge is 0.373 e. The zero-order chi connectivity index (χ0) is 20.3. The van der Waals surface area contributed by atoms with E-state index in [-0.39, 0.29) is 6.21 Å². The van der Waals surface area contributed by atoms with E-state index in [0.717, 1.165) is 12.1 Å². The van der Waals surface area contributed by atoms with Crippen molar-refractivity contribution in [1.82, 2.24) is 0 Å². The lowest BCUT2D eigenvalue weighted by Gasteiger charge is -2.30. The first kappa shape index (κ1) is 21.1. The van der Waals surface area contributed by atoms with Crippen molar-refractivity contribution in [2.24, 2.45) is 5.10 Å². The third kappa shape index (κ3) is 4.35. The lowest BCUT2D eigenvalue weighted by atomic mass is 9.99. The molecule has 0 aromatic heterocycles. The quantitative estimate of drug-likeness (QED) is 0.332. The van der Waals surface area contributed by atoms with Crippen molar-refractivity contribution in [2.75, 3.05) is 5.43 Å². The van der Waals surface area contributed by atoms with Crippen LogP contribution in [0.3, 0.4) is 0 Å². The van der Waals surface area contributed by atoms with Crippen LogP contribution in [0.25, 0.3) is 0 Å². The van der Waals surface area contributed by atoms with Gasteiger partial charge in [0.05, 0.1) is 15.9 Å².